The molecule has 3 heterocycles. The third-order valence-electron chi connectivity index (χ3n) is 5.53. The maximum absolute atomic E-state index is 12.8. The number of nitrogens with zero attached hydrogens (tertiary/aromatic N) is 6. The summed E-state index contributed by atoms with van der Waals surface area (Å²) in [4.78, 5) is 24.8. The van der Waals surface area contributed by atoms with Gasteiger partial charge in [-0.3, -0.25) is 9.69 Å². The second-order valence-corrected chi connectivity index (χ2v) is 7.80. The van der Waals surface area contributed by atoms with Gasteiger partial charge in [-0.25, -0.2) is 0 Å². The molecule has 1 aliphatic rings. The Labute approximate surface area is 184 Å². The van der Waals surface area contributed by atoms with Crippen LogP contribution >= 0.6 is 11.6 Å². The lowest BCUT2D eigenvalue weighted by molar-refractivity contribution is 0.249. The molecule has 1 aliphatic heterocycles. The molecule has 0 saturated carbocycles. The fraction of sp³-hybridized carbons (Fsp3) is 0.273. The van der Waals surface area contributed by atoms with Gasteiger partial charge in [-0.1, -0.05) is 24.2 Å². The molecule has 9 heteroatoms. The summed E-state index contributed by atoms with van der Waals surface area (Å²) >= 11 is 5.88. The number of phenolic OH excluding ortho intramolecular Hbond substituents is 1. The number of phenols is 1. The first-order valence-electron chi connectivity index (χ1n) is 9.69. The minimum absolute atomic E-state index is 0.0423. The number of nitriles is 1. The number of hydrogen-bond acceptors (Lipinski definition) is 6. The molecule has 1 aromatic carbocycles. The number of benzene rings is 1. The molecule has 1 fully saturated rings. The van der Waals surface area contributed by atoms with Gasteiger partial charge in [-0.15, -0.1) is 4.98 Å². The van der Waals surface area contributed by atoms with Crippen molar-refractivity contribution in [3.8, 4) is 11.8 Å². The lowest BCUT2D eigenvalue weighted by atomic mass is 10.1. The highest BCUT2D eigenvalue weighted by Gasteiger charge is 2.27. The molecule has 0 amide bonds. The molecular weight excluding hydrogens is 416 g/mol. The van der Waals surface area contributed by atoms with Crippen LogP contribution in [0.15, 0.2) is 35.1 Å². The van der Waals surface area contributed by atoms with E-state index in [2.05, 4.69) is 14.7 Å². The van der Waals surface area contributed by atoms with Crippen LogP contribution in [-0.2, 0) is 13.6 Å². The summed E-state index contributed by atoms with van der Waals surface area (Å²) in [5.41, 5.74) is 2.20. The fourth-order valence-corrected chi connectivity index (χ4v) is 4.02. The van der Waals surface area contributed by atoms with E-state index in [1.165, 1.54) is 4.57 Å². The number of fused-ring (bicyclic) bond motifs is 1. The molecule has 31 heavy (non-hydrogen) atoms. The maximum Gasteiger partial charge on any atom is 0.271 e. The number of halogens is 1. The summed E-state index contributed by atoms with van der Waals surface area (Å²) in [5, 5.41) is 19.9. The molecular formula is C22H19ClN6O2. The first kappa shape index (κ1) is 20.7. The standard InChI is InChI=1S/C22H19ClN6O2/c1-25-19-6-5-17-20(26-19)21(15(12-24)22(31)27(17)2)29-9-7-28(8-10-29)13-14-3-4-16(23)18(30)11-14/h3-6,11,30H,7-10,13H2,2H3. The van der Waals surface area contributed by atoms with Crippen LogP contribution in [0.5, 0.6) is 5.75 Å². The second-order valence-electron chi connectivity index (χ2n) is 7.40. The minimum atomic E-state index is -0.374. The summed E-state index contributed by atoms with van der Waals surface area (Å²) in [5.74, 6) is 0.280. The highest BCUT2D eigenvalue weighted by Crippen LogP contribution is 2.30. The molecule has 0 atom stereocenters. The van der Waals surface area contributed by atoms with E-state index in [4.69, 9.17) is 18.2 Å². The topological polar surface area (TPSA) is 89.8 Å². The van der Waals surface area contributed by atoms with Crippen LogP contribution in [0.4, 0.5) is 11.5 Å². The predicted molar refractivity (Wildman–Crippen MR) is 119 cm³/mol. The van der Waals surface area contributed by atoms with Gasteiger partial charge in [0.2, 0.25) is 5.52 Å². The van der Waals surface area contributed by atoms with Crippen molar-refractivity contribution in [3.63, 3.8) is 0 Å². The number of hydrogen-bond donors (Lipinski definition) is 1. The highest BCUT2D eigenvalue weighted by atomic mass is 35.5. The van der Waals surface area contributed by atoms with Gasteiger partial charge < -0.3 is 19.4 Å². The van der Waals surface area contributed by atoms with E-state index in [9.17, 15) is 15.2 Å². The first-order chi connectivity index (χ1) is 14.9. The Morgan fingerprint density at radius 3 is 2.65 bits per heavy atom. The highest BCUT2D eigenvalue weighted by molar-refractivity contribution is 6.32. The molecule has 4 rings (SSSR count). The van der Waals surface area contributed by atoms with Crippen LogP contribution in [0.3, 0.4) is 0 Å². The van der Waals surface area contributed by atoms with Crippen molar-refractivity contribution in [1.82, 2.24) is 14.5 Å². The summed E-state index contributed by atoms with van der Waals surface area (Å²) < 4.78 is 1.40. The lowest BCUT2D eigenvalue weighted by Crippen LogP contribution is -2.47. The maximum atomic E-state index is 12.8. The Kier molecular flexibility index (Phi) is 5.51. The Morgan fingerprint density at radius 2 is 2.00 bits per heavy atom. The van der Waals surface area contributed by atoms with Crippen molar-refractivity contribution in [2.75, 3.05) is 31.1 Å². The number of rotatable bonds is 3. The van der Waals surface area contributed by atoms with Gasteiger partial charge in [-0.05, 0) is 29.8 Å². The van der Waals surface area contributed by atoms with E-state index in [1.807, 2.05) is 17.0 Å². The molecule has 2 aromatic heterocycles. The third-order valence-corrected chi connectivity index (χ3v) is 5.85. The Bertz CT molecular complexity index is 1310. The average molecular weight is 435 g/mol. The summed E-state index contributed by atoms with van der Waals surface area (Å²) in [6.45, 7) is 10.5. The van der Waals surface area contributed by atoms with E-state index >= 15 is 0 Å². The molecule has 0 bridgehead atoms. The predicted octanol–water partition coefficient (Wildman–Crippen LogP) is 3.04. The van der Waals surface area contributed by atoms with Crippen LogP contribution < -0.4 is 10.5 Å². The number of aromatic nitrogens is 2. The number of aromatic hydroxyl groups is 1. The molecule has 1 saturated heterocycles. The number of aryl methyl sites for hydroxylation is 1. The zero-order valence-corrected chi connectivity index (χ0v) is 17.6. The van der Waals surface area contributed by atoms with Crippen molar-refractivity contribution in [2.45, 2.75) is 6.54 Å². The van der Waals surface area contributed by atoms with Gasteiger partial charge in [0.25, 0.3) is 11.4 Å². The number of anilines is 1. The van der Waals surface area contributed by atoms with E-state index in [1.54, 1.807) is 31.3 Å². The molecule has 156 valence electrons. The summed E-state index contributed by atoms with van der Waals surface area (Å²) in [6.07, 6.45) is 0. The fourth-order valence-electron chi connectivity index (χ4n) is 3.90. The average Bonchev–Trinajstić information content (AvgIpc) is 2.79. The Balaban J connectivity index is 1.65. The third kappa shape index (κ3) is 3.79. The van der Waals surface area contributed by atoms with Gasteiger partial charge >= 0.3 is 0 Å². The van der Waals surface area contributed by atoms with Crippen molar-refractivity contribution in [1.29, 1.82) is 5.26 Å². The smallest absolute Gasteiger partial charge is 0.271 e. The largest absolute Gasteiger partial charge is 0.506 e. The van der Waals surface area contributed by atoms with Gasteiger partial charge in [-0.2, -0.15) is 5.26 Å². The normalized spacial score (nSPS) is 14.4. The van der Waals surface area contributed by atoms with Gasteiger partial charge in [0, 0.05) is 39.8 Å². The van der Waals surface area contributed by atoms with E-state index in [0.717, 1.165) is 5.56 Å². The van der Waals surface area contributed by atoms with Gasteiger partial charge in [0.1, 0.15) is 23.1 Å². The quantitative estimate of drug-likeness (QED) is 0.637. The molecule has 0 spiro atoms. The monoisotopic (exact) mass is 434 g/mol. The molecule has 0 aliphatic carbocycles. The summed E-state index contributed by atoms with van der Waals surface area (Å²) in [6, 6.07) is 10.5. The first-order valence-corrected chi connectivity index (χ1v) is 10.1. The molecule has 3 aromatic rings. The van der Waals surface area contributed by atoms with Crippen molar-refractivity contribution < 1.29 is 5.11 Å². The lowest BCUT2D eigenvalue weighted by Gasteiger charge is -2.36. The van der Waals surface area contributed by atoms with Gasteiger partial charge in [0.05, 0.1) is 10.5 Å². The molecule has 1 N–H and O–H groups in total. The van der Waals surface area contributed by atoms with E-state index in [-0.39, 0.29) is 22.7 Å². The van der Waals surface area contributed by atoms with Crippen LogP contribution in [-0.4, -0.2) is 45.7 Å². The zero-order chi connectivity index (χ0) is 22.1. The second kappa shape index (κ2) is 8.27. The number of piperazine rings is 1. The SMILES string of the molecule is [C-]#[N+]c1ccc2c(n1)c(N1CCN(Cc3ccc(Cl)c(O)c3)CC1)c(C#N)c(=O)n2C. The molecule has 8 nitrogen and oxygen atoms in total. The summed E-state index contributed by atoms with van der Waals surface area (Å²) in [7, 11) is 1.61. The van der Waals surface area contributed by atoms with Gasteiger partial charge in [0.15, 0.2) is 0 Å². The Hall–Kier alpha value is -3.59. The molecule has 0 unspecified atom stereocenters. The van der Waals surface area contributed by atoms with Crippen LogP contribution in [0.25, 0.3) is 15.9 Å². The van der Waals surface area contributed by atoms with Crippen LogP contribution in [0.1, 0.15) is 11.1 Å². The van der Waals surface area contributed by atoms with Crippen molar-refractivity contribution in [3.05, 3.63) is 68.3 Å². The minimum Gasteiger partial charge on any atom is -0.506 e. The molecule has 0 radical (unpaired) electrons. The van der Waals surface area contributed by atoms with Crippen molar-refractivity contribution >= 4 is 34.1 Å². The van der Waals surface area contributed by atoms with E-state index < -0.39 is 0 Å². The van der Waals surface area contributed by atoms with Crippen LogP contribution in [0, 0.1) is 17.9 Å². The van der Waals surface area contributed by atoms with E-state index in [0.29, 0.717) is 54.5 Å². The zero-order valence-electron chi connectivity index (χ0n) is 16.8. The van der Waals surface area contributed by atoms with Crippen LogP contribution in [0.2, 0.25) is 5.02 Å². The number of pyridine rings is 2. The van der Waals surface area contributed by atoms with Crippen molar-refractivity contribution in [2.24, 2.45) is 7.05 Å². The Morgan fingerprint density at radius 1 is 1.26 bits per heavy atom.